The average molecular weight is 235 g/mol. The van der Waals surface area contributed by atoms with E-state index in [0.29, 0.717) is 17.8 Å². The van der Waals surface area contributed by atoms with Crippen molar-refractivity contribution >= 4 is 0 Å². The van der Waals surface area contributed by atoms with Crippen LogP contribution in [0.25, 0.3) is 0 Å². The summed E-state index contributed by atoms with van der Waals surface area (Å²) in [6, 6.07) is 8.37. The Morgan fingerprint density at radius 3 is 2.82 bits per heavy atom. The minimum Gasteiger partial charge on any atom is -0.508 e. The van der Waals surface area contributed by atoms with E-state index >= 15 is 0 Å². The van der Waals surface area contributed by atoms with Gasteiger partial charge in [-0.25, -0.2) is 0 Å². The first-order valence-electron chi connectivity index (χ1n) is 6.36. The zero-order chi connectivity index (χ0) is 12.1. The van der Waals surface area contributed by atoms with Gasteiger partial charge in [0.15, 0.2) is 0 Å². The Bertz CT molecular complexity index is 331. The predicted molar refractivity (Wildman–Crippen MR) is 68.2 cm³/mol. The van der Waals surface area contributed by atoms with Crippen LogP contribution in [0.3, 0.4) is 0 Å². The van der Waals surface area contributed by atoms with E-state index in [2.05, 4.69) is 12.2 Å². The highest BCUT2D eigenvalue weighted by molar-refractivity contribution is 5.26. The second kappa shape index (κ2) is 6.03. The highest BCUT2D eigenvalue weighted by atomic mass is 16.5. The van der Waals surface area contributed by atoms with Crippen LogP contribution in [0.5, 0.6) is 5.75 Å². The molecule has 0 aromatic heterocycles. The van der Waals surface area contributed by atoms with Gasteiger partial charge in [-0.2, -0.15) is 0 Å². The molecule has 1 aliphatic rings. The van der Waals surface area contributed by atoms with Crippen molar-refractivity contribution in [2.45, 2.75) is 38.3 Å². The van der Waals surface area contributed by atoms with Crippen molar-refractivity contribution in [2.75, 3.05) is 13.2 Å². The second-order valence-corrected chi connectivity index (χ2v) is 4.85. The van der Waals surface area contributed by atoms with Gasteiger partial charge >= 0.3 is 0 Å². The average Bonchev–Trinajstić information content (AvgIpc) is 2.33. The van der Waals surface area contributed by atoms with Gasteiger partial charge in [-0.15, -0.1) is 0 Å². The molecule has 1 aromatic rings. The lowest BCUT2D eigenvalue weighted by molar-refractivity contribution is 0.0671. The molecule has 1 aromatic carbocycles. The third-order valence-corrected chi connectivity index (χ3v) is 3.16. The molecule has 2 N–H and O–H groups in total. The second-order valence-electron chi connectivity index (χ2n) is 4.85. The summed E-state index contributed by atoms with van der Waals surface area (Å²) in [4.78, 5) is 0. The summed E-state index contributed by atoms with van der Waals surface area (Å²) in [5, 5.41) is 12.8. The summed E-state index contributed by atoms with van der Waals surface area (Å²) in [5.74, 6) is 0.329. The van der Waals surface area contributed by atoms with Crippen molar-refractivity contribution in [1.82, 2.24) is 5.32 Å². The molecule has 0 saturated carbocycles. The lowest BCUT2D eigenvalue weighted by Crippen LogP contribution is -2.42. The lowest BCUT2D eigenvalue weighted by Gasteiger charge is -2.26. The van der Waals surface area contributed by atoms with Crippen LogP contribution in [0.2, 0.25) is 0 Å². The molecule has 0 spiro atoms. The smallest absolute Gasteiger partial charge is 0.115 e. The van der Waals surface area contributed by atoms with Crippen LogP contribution in [-0.4, -0.2) is 30.4 Å². The van der Waals surface area contributed by atoms with Crippen LogP contribution in [0.15, 0.2) is 24.3 Å². The monoisotopic (exact) mass is 235 g/mol. The summed E-state index contributed by atoms with van der Waals surface area (Å²) >= 11 is 0. The fourth-order valence-electron chi connectivity index (χ4n) is 2.32. The Morgan fingerprint density at radius 2 is 2.18 bits per heavy atom. The van der Waals surface area contributed by atoms with Crippen LogP contribution in [0, 0.1) is 0 Å². The zero-order valence-corrected chi connectivity index (χ0v) is 10.4. The Kier molecular flexibility index (Phi) is 4.40. The Hall–Kier alpha value is -1.06. The number of benzene rings is 1. The minimum atomic E-state index is 0.329. The summed E-state index contributed by atoms with van der Waals surface area (Å²) in [6.45, 7) is 3.94. The summed E-state index contributed by atoms with van der Waals surface area (Å²) < 4.78 is 5.45. The molecular formula is C14H21NO2. The van der Waals surface area contributed by atoms with Gasteiger partial charge in [-0.1, -0.05) is 12.1 Å². The fourth-order valence-corrected chi connectivity index (χ4v) is 2.32. The number of hydrogen-bond donors (Lipinski definition) is 2. The van der Waals surface area contributed by atoms with Crippen molar-refractivity contribution < 1.29 is 9.84 Å². The highest BCUT2D eigenvalue weighted by Gasteiger charge is 2.15. The van der Waals surface area contributed by atoms with E-state index in [1.54, 1.807) is 12.1 Å². The van der Waals surface area contributed by atoms with Gasteiger partial charge in [-0.05, 0) is 43.9 Å². The third-order valence-electron chi connectivity index (χ3n) is 3.16. The molecular weight excluding hydrogens is 214 g/mol. The van der Waals surface area contributed by atoms with Crippen molar-refractivity contribution in [2.24, 2.45) is 0 Å². The standard InChI is InChI=1S/C14H21NO2/c1-11(15-13-3-2-8-17-10-13)9-12-4-6-14(16)7-5-12/h4-7,11,13,15-16H,2-3,8-10H2,1H3. The topological polar surface area (TPSA) is 41.5 Å². The first-order valence-corrected chi connectivity index (χ1v) is 6.36. The predicted octanol–water partition coefficient (Wildman–Crippen LogP) is 2.09. The van der Waals surface area contributed by atoms with Crippen LogP contribution in [0.4, 0.5) is 0 Å². The molecule has 0 amide bonds. The molecule has 2 atom stereocenters. The van der Waals surface area contributed by atoms with E-state index in [1.807, 2.05) is 12.1 Å². The fraction of sp³-hybridized carbons (Fsp3) is 0.571. The first kappa shape index (κ1) is 12.4. The molecule has 2 rings (SSSR count). The number of hydrogen-bond acceptors (Lipinski definition) is 3. The molecule has 1 fully saturated rings. The number of phenolic OH excluding ortho intramolecular Hbond substituents is 1. The van der Waals surface area contributed by atoms with Gasteiger partial charge in [-0.3, -0.25) is 0 Å². The van der Waals surface area contributed by atoms with Crippen LogP contribution < -0.4 is 5.32 Å². The van der Waals surface area contributed by atoms with Gasteiger partial charge in [0.1, 0.15) is 5.75 Å². The van der Waals surface area contributed by atoms with E-state index in [-0.39, 0.29) is 0 Å². The quantitative estimate of drug-likeness (QED) is 0.839. The number of ether oxygens (including phenoxy) is 1. The summed E-state index contributed by atoms with van der Waals surface area (Å²) in [5.41, 5.74) is 1.25. The van der Waals surface area contributed by atoms with Crippen molar-refractivity contribution in [3.63, 3.8) is 0 Å². The summed E-state index contributed by atoms with van der Waals surface area (Å²) in [7, 11) is 0. The van der Waals surface area contributed by atoms with E-state index in [4.69, 9.17) is 4.74 Å². The van der Waals surface area contributed by atoms with Crippen molar-refractivity contribution in [3.05, 3.63) is 29.8 Å². The van der Waals surface area contributed by atoms with E-state index in [9.17, 15) is 5.11 Å². The van der Waals surface area contributed by atoms with Crippen molar-refractivity contribution in [1.29, 1.82) is 0 Å². The Labute approximate surface area is 103 Å². The Balaban J connectivity index is 1.79. The van der Waals surface area contributed by atoms with E-state index in [0.717, 1.165) is 26.1 Å². The number of phenols is 1. The van der Waals surface area contributed by atoms with Crippen LogP contribution in [0.1, 0.15) is 25.3 Å². The summed E-state index contributed by atoms with van der Waals surface area (Å²) in [6.07, 6.45) is 3.35. The number of nitrogens with one attached hydrogen (secondary N) is 1. The molecule has 3 nitrogen and oxygen atoms in total. The van der Waals surface area contributed by atoms with Gasteiger partial charge in [0.2, 0.25) is 0 Å². The number of aromatic hydroxyl groups is 1. The third kappa shape index (κ3) is 4.02. The van der Waals surface area contributed by atoms with Crippen molar-refractivity contribution in [3.8, 4) is 5.75 Å². The van der Waals surface area contributed by atoms with Crippen LogP contribution in [-0.2, 0) is 11.2 Å². The maximum absolute atomic E-state index is 9.22. The molecule has 1 heterocycles. The molecule has 0 radical (unpaired) electrons. The van der Waals surface area contributed by atoms with Gasteiger partial charge in [0.05, 0.1) is 6.61 Å². The SMILES string of the molecule is CC(Cc1ccc(O)cc1)NC1CCCOC1. The normalized spacial score (nSPS) is 22.3. The van der Waals surface area contributed by atoms with Gasteiger partial charge in [0, 0.05) is 18.7 Å². The first-order chi connectivity index (χ1) is 8.24. The highest BCUT2D eigenvalue weighted by Crippen LogP contribution is 2.12. The molecule has 0 aliphatic carbocycles. The van der Waals surface area contributed by atoms with E-state index < -0.39 is 0 Å². The van der Waals surface area contributed by atoms with Gasteiger partial charge < -0.3 is 15.2 Å². The van der Waals surface area contributed by atoms with E-state index in [1.165, 1.54) is 12.0 Å². The number of rotatable bonds is 4. The molecule has 3 heteroatoms. The molecule has 2 unspecified atom stereocenters. The van der Waals surface area contributed by atoms with Crippen LogP contribution >= 0.6 is 0 Å². The van der Waals surface area contributed by atoms with Gasteiger partial charge in [0.25, 0.3) is 0 Å². The largest absolute Gasteiger partial charge is 0.508 e. The molecule has 94 valence electrons. The lowest BCUT2D eigenvalue weighted by atomic mass is 10.0. The molecule has 1 aliphatic heterocycles. The maximum Gasteiger partial charge on any atom is 0.115 e. The Morgan fingerprint density at radius 1 is 1.41 bits per heavy atom. The molecule has 17 heavy (non-hydrogen) atoms. The minimum absolute atomic E-state index is 0.329. The molecule has 1 saturated heterocycles. The molecule has 0 bridgehead atoms. The zero-order valence-electron chi connectivity index (χ0n) is 10.4. The maximum atomic E-state index is 9.22.